The Labute approximate surface area is 125 Å². The van der Waals surface area contributed by atoms with Crippen molar-refractivity contribution in [3.8, 4) is 0 Å². The number of nitrogens with one attached hydrogen (secondary N) is 1. The molecule has 0 fully saturated rings. The molecule has 0 unspecified atom stereocenters. The number of aryl methyl sites for hydroxylation is 1. The summed E-state index contributed by atoms with van der Waals surface area (Å²) in [6, 6.07) is 0. The quantitative estimate of drug-likeness (QED) is 0.806. The van der Waals surface area contributed by atoms with Crippen LogP contribution in [-0.2, 0) is 24.2 Å². The number of anilines is 1. The summed E-state index contributed by atoms with van der Waals surface area (Å²) in [4.78, 5) is 21.9. The largest absolute Gasteiger partial charge is 0.315 e. The van der Waals surface area contributed by atoms with Gasteiger partial charge in [0.05, 0.1) is 18.3 Å². The molecule has 0 bridgehead atoms. The number of thiazole rings is 1. The minimum Gasteiger partial charge on any atom is -0.315 e. The molecule has 21 heavy (non-hydrogen) atoms. The van der Waals surface area contributed by atoms with Gasteiger partial charge in [0.25, 0.3) is 0 Å². The lowest BCUT2D eigenvalue weighted by Gasteiger charge is -2.16. The minimum atomic E-state index is -0.0472. The number of imidazole rings is 2. The molecule has 108 valence electrons. The molecule has 1 aliphatic rings. The highest BCUT2D eigenvalue weighted by Gasteiger charge is 2.16. The number of rotatable bonds is 3. The van der Waals surface area contributed by atoms with Gasteiger partial charge in [-0.25, -0.2) is 9.97 Å². The zero-order valence-corrected chi connectivity index (χ0v) is 12.3. The first kappa shape index (κ1) is 12.6. The van der Waals surface area contributed by atoms with E-state index in [-0.39, 0.29) is 12.3 Å². The molecule has 0 atom stereocenters. The number of fused-ring (bicyclic) bond motifs is 2. The van der Waals surface area contributed by atoms with Crippen molar-refractivity contribution >= 4 is 28.0 Å². The third-order valence-electron chi connectivity index (χ3n) is 3.72. The summed E-state index contributed by atoms with van der Waals surface area (Å²) in [6.07, 6.45) is 9.20. The summed E-state index contributed by atoms with van der Waals surface area (Å²) in [5, 5.41) is 4.93. The summed E-state index contributed by atoms with van der Waals surface area (Å²) in [5.74, 6) is 1.82. The van der Waals surface area contributed by atoms with Crippen molar-refractivity contribution in [2.45, 2.75) is 32.2 Å². The molecular formula is C14H15N5OS. The molecule has 6 nitrogen and oxygen atoms in total. The van der Waals surface area contributed by atoms with Crippen LogP contribution >= 0.6 is 11.3 Å². The molecule has 3 aromatic heterocycles. The van der Waals surface area contributed by atoms with Gasteiger partial charge in [-0.2, -0.15) is 0 Å². The smallest absolute Gasteiger partial charge is 0.231 e. The van der Waals surface area contributed by atoms with Crippen LogP contribution in [0.3, 0.4) is 0 Å². The Balaban J connectivity index is 1.48. The summed E-state index contributed by atoms with van der Waals surface area (Å²) in [7, 11) is 0. The molecule has 4 heterocycles. The number of aromatic nitrogens is 4. The van der Waals surface area contributed by atoms with Crippen molar-refractivity contribution in [1.29, 1.82) is 0 Å². The molecule has 3 aromatic rings. The van der Waals surface area contributed by atoms with Crippen LogP contribution in [0.4, 0.5) is 5.82 Å². The summed E-state index contributed by atoms with van der Waals surface area (Å²) >= 11 is 1.57. The zero-order valence-electron chi connectivity index (χ0n) is 11.5. The lowest BCUT2D eigenvalue weighted by atomic mass is 10.2. The maximum Gasteiger partial charge on any atom is 0.231 e. The molecular weight excluding hydrogens is 286 g/mol. The van der Waals surface area contributed by atoms with Gasteiger partial charge < -0.3 is 9.88 Å². The average molecular weight is 301 g/mol. The molecule has 1 aliphatic heterocycles. The molecule has 0 radical (unpaired) electrons. The van der Waals surface area contributed by atoms with Crippen LogP contribution in [0.25, 0.3) is 4.96 Å². The van der Waals surface area contributed by atoms with Gasteiger partial charge in [0.1, 0.15) is 11.6 Å². The summed E-state index contributed by atoms with van der Waals surface area (Å²) < 4.78 is 4.04. The Morgan fingerprint density at radius 3 is 3.29 bits per heavy atom. The van der Waals surface area contributed by atoms with E-state index >= 15 is 0 Å². The highest BCUT2D eigenvalue weighted by molar-refractivity contribution is 7.15. The molecule has 1 N–H and O–H groups in total. The van der Waals surface area contributed by atoms with Crippen LogP contribution in [0.1, 0.15) is 24.4 Å². The van der Waals surface area contributed by atoms with Crippen molar-refractivity contribution in [3.05, 3.63) is 35.5 Å². The maximum absolute atomic E-state index is 12.2. The van der Waals surface area contributed by atoms with Gasteiger partial charge in [0, 0.05) is 30.7 Å². The van der Waals surface area contributed by atoms with E-state index in [0.717, 1.165) is 41.7 Å². The normalized spacial score (nSPS) is 14.3. The number of carbonyl (C=O) groups is 1. The standard InChI is InChI=1S/C14H15N5OS/c20-13(7-10-9-18-5-6-21-14(18)16-10)17-12-8-15-11-3-1-2-4-19(11)12/h5-6,8-9H,1-4,7H2,(H,17,20). The number of nitrogens with zero attached hydrogens (tertiary/aromatic N) is 4. The van der Waals surface area contributed by atoms with Crippen LogP contribution in [0.5, 0.6) is 0 Å². The third kappa shape index (κ3) is 2.33. The second-order valence-corrected chi connectivity index (χ2v) is 6.09. The van der Waals surface area contributed by atoms with Gasteiger partial charge in [-0.15, -0.1) is 11.3 Å². The average Bonchev–Trinajstić information content (AvgIpc) is 3.14. The Morgan fingerprint density at radius 1 is 1.43 bits per heavy atom. The first-order chi connectivity index (χ1) is 10.3. The molecule has 0 aliphatic carbocycles. The van der Waals surface area contributed by atoms with E-state index in [4.69, 9.17) is 0 Å². The first-order valence-electron chi connectivity index (χ1n) is 7.05. The fourth-order valence-electron chi connectivity index (χ4n) is 2.73. The van der Waals surface area contributed by atoms with Crippen molar-refractivity contribution < 1.29 is 4.79 Å². The second-order valence-electron chi connectivity index (χ2n) is 5.22. The van der Waals surface area contributed by atoms with E-state index in [9.17, 15) is 4.79 Å². The predicted octanol–water partition coefficient (Wildman–Crippen LogP) is 2.11. The fraction of sp³-hybridized carbons (Fsp3) is 0.357. The Morgan fingerprint density at radius 2 is 2.38 bits per heavy atom. The molecule has 0 saturated carbocycles. The van der Waals surface area contributed by atoms with E-state index < -0.39 is 0 Å². The molecule has 0 spiro atoms. The van der Waals surface area contributed by atoms with Gasteiger partial charge in [-0.3, -0.25) is 9.20 Å². The van der Waals surface area contributed by atoms with Gasteiger partial charge in [-0.05, 0) is 12.8 Å². The highest BCUT2D eigenvalue weighted by Crippen LogP contribution is 2.19. The fourth-order valence-corrected chi connectivity index (χ4v) is 3.45. The van der Waals surface area contributed by atoms with Gasteiger partial charge in [0.2, 0.25) is 5.91 Å². The molecule has 0 aromatic carbocycles. The van der Waals surface area contributed by atoms with Crippen molar-refractivity contribution in [2.24, 2.45) is 0 Å². The number of hydrogen-bond donors (Lipinski definition) is 1. The van der Waals surface area contributed by atoms with Crippen molar-refractivity contribution in [2.75, 3.05) is 5.32 Å². The minimum absolute atomic E-state index is 0.0472. The van der Waals surface area contributed by atoms with Crippen molar-refractivity contribution in [1.82, 2.24) is 18.9 Å². The molecule has 0 saturated heterocycles. The van der Waals surface area contributed by atoms with Gasteiger partial charge in [-0.1, -0.05) is 0 Å². The number of amides is 1. The Bertz CT molecular complexity index is 771. The van der Waals surface area contributed by atoms with E-state index in [1.54, 1.807) is 17.5 Å². The zero-order chi connectivity index (χ0) is 14.2. The number of carbonyl (C=O) groups excluding carboxylic acids is 1. The van der Waals surface area contributed by atoms with E-state index in [0.29, 0.717) is 0 Å². The van der Waals surface area contributed by atoms with E-state index in [1.165, 1.54) is 6.42 Å². The number of hydrogen-bond acceptors (Lipinski definition) is 4. The van der Waals surface area contributed by atoms with Gasteiger partial charge >= 0.3 is 0 Å². The topological polar surface area (TPSA) is 64.2 Å². The third-order valence-corrected chi connectivity index (χ3v) is 4.49. The predicted molar refractivity (Wildman–Crippen MR) is 80.6 cm³/mol. The highest BCUT2D eigenvalue weighted by atomic mass is 32.1. The van der Waals surface area contributed by atoms with E-state index in [1.807, 2.05) is 22.2 Å². The van der Waals surface area contributed by atoms with Crippen molar-refractivity contribution in [3.63, 3.8) is 0 Å². The Hall–Kier alpha value is -2.15. The second kappa shape index (κ2) is 5.00. The Kier molecular flexibility index (Phi) is 2.99. The van der Waals surface area contributed by atoms with Crippen LogP contribution in [0.15, 0.2) is 24.0 Å². The lowest BCUT2D eigenvalue weighted by molar-refractivity contribution is -0.115. The molecule has 1 amide bonds. The molecule has 7 heteroatoms. The maximum atomic E-state index is 12.2. The van der Waals surface area contributed by atoms with Crippen LogP contribution < -0.4 is 5.32 Å². The monoisotopic (exact) mass is 301 g/mol. The lowest BCUT2D eigenvalue weighted by Crippen LogP contribution is -2.19. The van der Waals surface area contributed by atoms with Gasteiger partial charge in [0.15, 0.2) is 4.96 Å². The van der Waals surface area contributed by atoms with Crippen LogP contribution in [0.2, 0.25) is 0 Å². The molecule has 4 rings (SSSR count). The first-order valence-corrected chi connectivity index (χ1v) is 7.93. The summed E-state index contributed by atoms with van der Waals surface area (Å²) in [6.45, 7) is 0.936. The SMILES string of the molecule is O=C(Cc1cn2ccsc2n1)Nc1cnc2n1CCCC2. The van der Waals surface area contributed by atoms with Crippen LogP contribution in [-0.4, -0.2) is 24.8 Å². The summed E-state index contributed by atoms with van der Waals surface area (Å²) in [5.41, 5.74) is 0.790. The van der Waals surface area contributed by atoms with E-state index in [2.05, 4.69) is 19.9 Å². The van der Waals surface area contributed by atoms with Crippen LogP contribution in [0, 0.1) is 0 Å².